The van der Waals surface area contributed by atoms with Gasteiger partial charge in [0, 0.05) is 41.7 Å². The highest BCUT2D eigenvalue weighted by atomic mass is 16.6. The zero-order valence-corrected chi connectivity index (χ0v) is 16.5. The highest BCUT2D eigenvalue weighted by molar-refractivity contribution is 5.97. The van der Waals surface area contributed by atoms with Crippen LogP contribution in [-0.2, 0) is 4.74 Å². The molecular weight excluding hydrogens is 344 g/mol. The van der Waals surface area contributed by atoms with Gasteiger partial charge >= 0.3 is 6.09 Å². The predicted molar refractivity (Wildman–Crippen MR) is 104 cm³/mol. The number of aromatic amines is 1. The van der Waals surface area contributed by atoms with E-state index in [9.17, 15) is 9.59 Å². The number of likely N-dealkylation sites (tertiary alicyclic amines) is 1. The Morgan fingerprint density at radius 2 is 2.15 bits per heavy atom. The lowest BCUT2D eigenvalue weighted by atomic mass is 9.93. The summed E-state index contributed by atoms with van der Waals surface area (Å²) in [6.07, 6.45) is 4.17. The van der Waals surface area contributed by atoms with E-state index in [1.54, 1.807) is 11.1 Å². The fourth-order valence-electron chi connectivity index (χ4n) is 3.49. The van der Waals surface area contributed by atoms with Crippen molar-refractivity contribution in [1.29, 1.82) is 0 Å². The third kappa shape index (κ3) is 4.62. The molecule has 1 N–H and O–H groups in total. The Morgan fingerprint density at radius 1 is 1.37 bits per heavy atom. The summed E-state index contributed by atoms with van der Waals surface area (Å²) < 4.78 is 11.6. The van der Waals surface area contributed by atoms with Gasteiger partial charge in [-0.15, -0.1) is 0 Å². The van der Waals surface area contributed by atoms with Gasteiger partial charge in [0.2, 0.25) is 0 Å². The zero-order chi connectivity index (χ0) is 19.6. The molecule has 1 fully saturated rings. The van der Waals surface area contributed by atoms with Gasteiger partial charge < -0.3 is 19.4 Å². The fourth-order valence-corrected chi connectivity index (χ4v) is 3.49. The molecule has 6 heteroatoms. The largest absolute Gasteiger partial charge is 0.490 e. The SMILES string of the molecule is CC(Oc1ccc2[nH]cc(C=O)c2c1)C1CCCN(C(=O)OC(C)(C)C)C1. The molecule has 1 amide bonds. The molecule has 0 aliphatic carbocycles. The number of nitrogens with one attached hydrogen (secondary N) is 1. The van der Waals surface area contributed by atoms with Gasteiger partial charge in [0.1, 0.15) is 17.5 Å². The molecule has 2 atom stereocenters. The number of rotatable bonds is 4. The number of aldehydes is 1. The van der Waals surface area contributed by atoms with Crippen molar-refractivity contribution in [2.45, 2.75) is 52.2 Å². The van der Waals surface area contributed by atoms with E-state index in [4.69, 9.17) is 9.47 Å². The van der Waals surface area contributed by atoms with Crippen LogP contribution in [0.3, 0.4) is 0 Å². The molecule has 0 bridgehead atoms. The number of benzene rings is 1. The molecule has 27 heavy (non-hydrogen) atoms. The van der Waals surface area contributed by atoms with Crippen LogP contribution < -0.4 is 4.74 Å². The van der Waals surface area contributed by atoms with Gasteiger partial charge in [-0.2, -0.15) is 0 Å². The maximum Gasteiger partial charge on any atom is 0.410 e. The minimum atomic E-state index is -0.492. The summed E-state index contributed by atoms with van der Waals surface area (Å²) in [6.45, 7) is 9.01. The molecule has 1 aromatic heterocycles. The first-order valence-corrected chi connectivity index (χ1v) is 9.48. The second-order valence-electron chi connectivity index (χ2n) is 8.22. The summed E-state index contributed by atoms with van der Waals surface area (Å²) in [5, 5.41) is 0.855. The van der Waals surface area contributed by atoms with Gasteiger partial charge in [-0.25, -0.2) is 4.79 Å². The van der Waals surface area contributed by atoms with Crippen molar-refractivity contribution in [3.05, 3.63) is 30.0 Å². The summed E-state index contributed by atoms with van der Waals surface area (Å²) in [4.78, 5) is 28.4. The fraction of sp³-hybridized carbons (Fsp3) is 0.524. The molecule has 2 heterocycles. The molecule has 0 saturated carbocycles. The van der Waals surface area contributed by atoms with Crippen molar-refractivity contribution in [3.63, 3.8) is 0 Å². The minimum absolute atomic E-state index is 0.0497. The van der Waals surface area contributed by atoms with Gasteiger partial charge in [-0.1, -0.05) is 0 Å². The normalized spacial score (nSPS) is 19.0. The van der Waals surface area contributed by atoms with Crippen LogP contribution in [0.15, 0.2) is 24.4 Å². The van der Waals surface area contributed by atoms with Gasteiger partial charge in [0.25, 0.3) is 0 Å². The monoisotopic (exact) mass is 372 g/mol. The van der Waals surface area contributed by atoms with E-state index >= 15 is 0 Å². The van der Waals surface area contributed by atoms with Crippen molar-refractivity contribution in [2.24, 2.45) is 5.92 Å². The molecule has 6 nitrogen and oxygen atoms in total. The second kappa shape index (κ2) is 7.62. The number of amides is 1. The summed E-state index contributed by atoms with van der Waals surface area (Å²) in [5.41, 5.74) is 1.04. The van der Waals surface area contributed by atoms with Crippen molar-refractivity contribution >= 4 is 23.3 Å². The van der Waals surface area contributed by atoms with E-state index < -0.39 is 5.60 Å². The predicted octanol–water partition coefficient (Wildman–Crippen LogP) is 4.39. The minimum Gasteiger partial charge on any atom is -0.490 e. The smallest absolute Gasteiger partial charge is 0.410 e. The Balaban J connectivity index is 1.66. The van der Waals surface area contributed by atoms with Crippen molar-refractivity contribution < 1.29 is 19.1 Å². The number of carbonyl (C=O) groups excluding carboxylic acids is 2. The van der Waals surface area contributed by atoms with Crippen LogP contribution in [0.1, 0.15) is 50.9 Å². The Bertz CT molecular complexity index is 821. The summed E-state index contributed by atoms with van der Waals surface area (Å²) in [5.74, 6) is 0.964. The Kier molecular flexibility index (Phi) is 5.44. The maximum absolute atomic E-state index is 12.4. The van der Waals surface area contributed by atoms with Crippen LogP contribution in [0.5, 0.6) is 5.75 Å². The van der Waals surface area contributed by atoms with Crippen LogP contribution in [-0.4, -0.2) is 47.1 Å². The Labute approximate surface area is 159 Å². The first-order valence-electron chi connectivity index (χ1n) is 9.48. The third-order valence-electron chi connectivity index (χ3n) is 4.91. The molecule has 146 valence electrons. The molecule has 1 aliphatic heterocycles. The molecule has 1 aromatic carbocycles. The number of fused-ring (bicyclic) bond motifs is 1. The lowest BCUT2D eigenvalue weighted by Gasteiger charge is -2.36. The molecule has 3 rings (SSSR count). The Morgan fingerprint density at radius 3 is 2.85 bits per heavy atom. The molecule has 1 saturated heterocycles. The lowest BCUT2D eigenvalue weighted by Crippen LogP contribution is -2.46. The topological polar surface area (TPSA) is 71.6 Å². The van der Waals surface area contributed by atoms with Crippen LogP contribution in [0.2, 0.25) is 0 Å². The van der Waals surface area contributed by atoms with E-state index in [0.29, 0.717) is 12.1 Å². The van der Waals surface area contributed by atoms with Crippen LogP contribution in [0.4, 0.5) is 4.79 Å². The molecule has 2 aromatic rings. The van der Waals surface area contributed by atoms with Gasteiger partial charge in [-0.3, -0.25) is 4.79 Å². The number of carbonyl (C=O) groups is 2. The average molecular weight is 372 g/mol. The summed E-state index contributed by atoms with van der Waals surface area (Å²) in [6, 6.07) is 5.71. The number of H-pyrrole nitrogens is 1. The maximum atomic E-state index is 12.4. The highest BCUT2D eigenvalue weighted by Crippen LogP contribution is 2.27. The first-order chi connectivity index (χ1) is 12.8. The third-order valence-corrected chi connectivity index (χ3v) is 4.91. The average Bonchev–Trinajstić information content (AvgIpc) is 3.02. The van der Waals surface area contributed by atoms with E-state index in [1.165, 1.54) is 0 Å². The molecule has 1 aliphatic rings. The van der Waals surface area contributed by atoms with E-state index in [-0.39, 0.29) is 18.1 Å². The van der Waals surface area contributed by atoms with E-state index in [0.717, 1.165) is 42.3 Å². The van der Waals surface area contributed by atoms with Crippen LogP contribution >= 0.6 is 0 Å². The summed E-state index contributed by atoms with van der Waals surface area (Å²) in [7, 11) is 0. The molecular formula is C21H28N2O4. The standard InChI is InChI=1S/C21H28N2O4/c1-14(15-6-5-9-23(12-15)20(25)27-21(2,3)4)26-17-7-8-19-18(10-17)16(13-24)11-22-19/h7-8,10-11,13-15,22H,5-6,9,12H2,1-4H3. The van der Waals surface area contributed by atoms with Gasteiger partial charge in [0.05, 0.1) is 0 Å². The first kappa shape index (κ1) is 19.3. The molecule has 0 spiro atoms. The summed E-state index contributed by atoms with van der Waals surface area (Å²) >= 11 is 0. The van der Waals surface area contributed by atoms with Crippen molar-refractivity contribution in [3.8, 4) is 5.75 Å². The molecule has 0 radical (unpaired) electrons. The number of nitrogens with zero attached hydrogens (tertiary/aromatic N) is 1. The number of hydrogen-bond acceptors (Lipinski definition) is 4. The second-order valence-corrected chi connectivity index (χ2v) is 8.22. The van der Waals surface area contributed by atoms with Crippen LogP contribution in [0.25, 0.3) is 10.9 Å². The highest BCUT2D eigenvalue weighted by Gasteiger charge is 2.31. The Hall–Kier alpha value is -2.50. The lowest BCUT2D eigenvalue weighted by molar-refractivity contribution is 0.00802. The zero-order valence-electron chi connectivity index (χ0n) is 16.5. The number of piperidine rings is 1. The van der Waals surface area contributed by atoms with Gasteiger partial charge in [0.15, 0.2) is 6.29 Å². The van der Waals surface area contributed by atoms with Gasteiger partial charge in [-0.05, 0) is 58.7 Å². The van der Waals surface area contributed by atoms with Crippen molar-refractivity contribution in [1.82, 2.24) is 9.88 Å². The number of aromatic nitrogens is 1. The van der Waals surface area contributed by atoms with E-state index in [1.807, 2.05) is 45.9 Å². The quantitative estimate of drug-likeness (QED) is 0.808. The number of hydrogen-bond donors (Lipinski definition) is 1. The number of ether oxygens (including phenoxy) is 2. The van der Waals surface area contributed by atoms with Crippen molar-refractivity contribution in [2.75, 3.05) is 13.1 Å². The molecule has 2 unspecified atom stereocenters. The van der Waals surface area contributed by atoms with Crippen LogP contribution in [0, 0.1) is 5.92 Å². The van der Waals surface area contributed by atoms with E-state index in [2.05, 4.69) is 4.98 Å².